The lowest BCUT2D eigenvalue weighted by Gasteiger charge is -2.24. The lowest BCUT2D eigenvalue weighted by molar-refractivity contribution is -0.123. The second kappa shape index (κ2) is 7.42. The van der Waals surface area contributed by atoms with Gasteiger partial charge in [-0.25, -0.2) is 0 Å². The third-order valence-corrected chi connectivity index (χ3v) is 4.55. The first-order valence-corrected chi connectivity index (χ1v) is 9.58. The summed E-state index contributed by atoms with van der Waals surface area (Å²) in [6.07, 6.45) is 1.94. The van der Waals surface area contributed by atoms with E-state index in [1.54, 1.807) is 0 Å². The minimum atomic E-state index is -0.0329. The number of nitrogens with one attached hydrogen (secondary N) is 1. The number of amides is 2. The number of carbonyl (C=O) groups excluding carboxylic acids is 2. The molecule has 0 fully saturated rings. The van der Waals surface area contributed by atoms with Gasteiger partial charge in [-0.15, -0.1) is 0 Å². The van der Waals surface area contributed by atoms with Crippen molar-refractivity contribution in [2.75, 3.05) is 11.4 Å². The first-order chi connectivity index (χ1) is 11.9. The van der Waals surface area contributed by atoms with E-state index in [9.17, 15) is 9.59 Å². The van der Waals surface area contributed by atoms with E-state index in [0.717, 1.165) is 24.2 Å². The molecule has 1 aliphatic rings. The van der Waals surface area contributed by atoms with Crippen LogP contribution in [0.25, 0.3) is 0 Å². The molecule has 26 heavy (non-hydrogen) atoms. The van der Waals surface area contributed by atoms with Crippen molar-refractivity contribution in [1.82, 2.24) is 5.32 Å². The van der Waals surface area contributed by atoms with Crippen LogP contribution < -0.4 is 10.2 Å². The Morgan fingerprint density at radius 1 is 1.08 bits per heavy atom. The van der Waals surface area contributed by atoms with Gasteiger partial charge in [-0.05, 0) is 41.4 Å². The fourth-order valence-electron chi connectivity index (χ4n) is 3.36. The molecular weight excluding hydrogens is 324 g/mol. The molecule has 1 unspecified atom stereocenters. The number of anilines is 1. The van der Waals surface area contributed by atoms with Crippen molar-refractivity contribution in [1.29, 1.82) is 0 Å². The number of fused-ring (bicyclic) bond motifs is 1. The van der Waals surface area contributed by atoms with Gasteiger partial charge in [0.2, 0.25) is 11.8 Å². The maximum absolute atomic E-state index is 12.6. The van der Waals surface area contributed by atoms with E-state index in [1.165, 1.54) is 5.56 Å². The van der Waals surface area contributed by atoms with E-state index in [4.69, 9.17) is 0 Å². The van der Waals surface area contributed by atoms with E-state index in [1.807, 2.05) is 24.0 Å². The Morgan fingerprint density at radius 3 is 2.27 bits per heavy atom. The fourth-order valence-corrected chi connectivity index (χ4v) is 3.36. The van der Waals surface area contributed by atoms with Crippen molar-refractivity contribution in [3.8, 4) is 0 Å². The van der Waals surface area contributed by atoms with E-state index in [2.05, 4.69) is 52.9 Å². The number of nitrogens with zero attached hydrogens (tertiary/aromatic N) is 1. The molecule has 0 saturated carbocycles. The van der Waals surface area contributed by atoms with Gasteiger partial charge in [-0.2, -0.15) is 0 Å². The highest BCUT2D eigenvalue weighted by Crippen LogP contribution is 2.33. The molecule has 0 bridgehead atoms. The Bertz CT molecular complexity index is 680. The SMILES string of the molecule is CC(NC(=O)CC(C)(C)C)c1ccc2c(c1)CCN2C(=O)CC(C)(C)C. The molecule has 144 valence electrons. The van der Waals surface area contributed by atoms with E-state index in [-0.39, 0.29) is 28.7 Å². The van der Waals surface area contributed by atoms with Gasteiger partial charge in [-0.1, -0.05) is 53.7 Å². The summed E-state index contributed by atoms with van der Waals surface area (Å²) in [6.45, 7) is 15.2. The molecule has 2 amide bonds. The standard InChI is InChI=1S/C22H34N2O2/c1-15(23-19(25)13-21(2,3)4)16-8-9-18-17(12-16)10-11-24(18)20(26)14-22(5,6)7/h8-9,12,15H,10-11,13-14H2,1-7H3,(H,23,25). The monoisotopic (exact) mass is 358 g/mol. The third-order valence-electron chi connectivity index (χ3n) is 4.55. The van der Waals surface area contributed by atoms with Crippen LogP contribution >= 0.6 is 0 Å². The highest BCUT2D eigenvalue weighted by atomic mass is 16.2. The van der Waals surface area contributed by atoms with Crippen molar-refractivity contribution in [2.24, 2.45) is 10.8 Å². The molecule has 0 saturated heterocycles. The molecule has 4 nitrogen and oxygen atoms in total. The summed E-state index contributed by atoms with van der Waals surface area (Å²) in [4.78, 5) is 26.7. The van der Waals surface area contributed by atoms with Crippen LogP contribution in [0.5, 0.6) is 0 Å². The smallest absolute Gasteiger partial charge is 0.227 e. The summed E-state index contributed by atoms with van der Waals surface area (Å²) in [5.41, 5.74) is 3.29. The molecule has 1 aromatic carbocycles. The van der Waals surface area contributed by atoms with Crippen molar-refractivity contribution < 1.29 is 9.59 Å². The van der Waals surface area contributed by atoms with E-state index >= 15 is 0 Å². The number of carbonyl (C=O) groups is 2. The summed E-state index contributed by atoms with van der Waals surface area (Å²) in [5, 5.41) is 3.09. The Hall–Kier alpha value is -1.84. The highest BCUT2D eigenvalue weighted by Gasteiger charge is 2.28. The molecule has 1 heterocycles. The Kier molecular flexibility index (Phi) is 5.84. The maximum atomic E-state index is 12.6. The lowest BCUT2D eigenvalue weighted by Crippen LogP contribution is -2.32. The third kappa shape index (κ3) is 5.58. The van der Waals surface area contributed by atoms with Gasteiger partial charge in [0.15, 0.2) is 0 Å². The van der Waals surface area contributed by atoms with Crippen LogP contribution in [0.2, 0.25) is 0 Å². The minimum Gasteiger partial charge on any atom is -0.350 e. The quantitative estimate of drug-likeness (QED) is 0.853. The average Bonchev–Trinajstić information content (AvgIpc) is 2.86. The Balaban J connectivity index is 2.08. The fraction of sp³-hybridized carbons (Fsp3) is 0.636. The van der Waals surface area contributed by atoms with Gasteiger partial charge in [0.1, 0.15) is 0 Å². The van der Waals surface area contributed by atoms with E-state index < -0.39 is 0 Å². The minimum absolute atomic E-state index is 0.00831. The van der Waals surface area contributed by atoms with Gasteiger partial charge in [0.25, 0.3) is 0 Å². The number of benzene rings is 1. The molecule has 4 heteroatoms. The lowest BCUT2D eigenvalue weighted by atomic mass is 9.91. The molecular formula is C22H34N2O2. The predicted octanol–water partition coefficient (Wildman–Crippen LogP) is 4.63. The molecule has 0 spiro atoms. The number of hydrogen-bond acceptors (Lipinski definition) is 2. The molecule has 1 aliphatic heterocycles. The van der Waals surface area contributed by atoms with Crippen molar-refractivity contribution in [3.63, 3.8) is 0 Å². The summed E-state index contributed by atoms with van der Waals surface area (Å²) < 4.78 is 0. The summed E-state index contributed by atoms with van der Waals surface area (Å²) >= 11 is 0. The second-order valence-electron chi connectivity index (χ2n) is 9.95. The topological polar surface area (TPSA) is 49.4 Å². The summed E-state index contributed by atoms with van der Waals surface area (Å²) in [6, 6.07) is 6.17. The van der Waals surface area contributed by atoms with E-state index in [0.29, 0.717) is 12.8 Å². The van der Waals surface area contributed by atoms with Gasteiger partial charge in [0, 0.05) is 25.1 Å². The molecule has 1 N–H and O–H groups in total. The summed E-state index contributed by atoms with van der Waals surface area (Å²) in [7, 11) is 0. The first kappa shape index (κ1) is 20.5. The van der Waals surface area contributed by atoms with Crippen LogP contribution in [-0.4, -0.2) is 18.4 Å². The van der Waals surface area contributed by atoms with Gasteiger partial charge in [-0.3, -0.25) is 9.59 Å². The van der Waals surface area contributed by atoms with Crippen molar-refractivity contribution in [2.45, 2.75) is 73.8 Å². The van der Waals surface area contributed by atoms with Crippen LogP contribution in [-0.2, 0) is 16.0 Å². The largest absolute Gasteiger partial charge is 0.350 e. The maximum Gasteiger partial charge on any atom is 0.227 e. The Morgan fingerprint density at radius 2 is 1.69 bits per heavy atom. The first-order valence-electron chi connectivity index (χ1n) is 9.58. The van der Waals surface area contributed by atoms with Crippen LogP contribution in [0.15, 0.2) is 18.2 Å². The highest BCUT2D eigenvalue weighted by molar-refractivity contribution is 5.95. The van der Waals surface area contributed by atoms with Crippen LogP contribution in [0.4, 0.5) is 5.69 Å². The predicted molar refractivity (Wildman–Crippen MR) is 107 cm³/mol. The molecule has 1 atom stereocenters. The number of hydrogen-bond donors (Lipinski definition) is 1. The van der Waals surface area contributed by atoms with Gasteiger partial charge >= 0.3 is 0 Å². The summed E-state index contributed by atoms with van der Waals surface area (Å²) in [5.74, 6) is 0.267. The zero-order valence-electron chi connectivity index (χ0n) is 17.4. The van der Waals surface area contributed by atoms with Crippen LogP contribution in [0, 0.1) is 10.8 Å². The Labute approximate surface area is 158 Å². The molecule has 1 aromatic rings. The van der Waals surface area contributed by atoms with Crippen LogP contribution in [0.1, 0.15) is 78.5 Å². The normalized spacial score (nSPS) is 15.6. The molecule has 0 radical (unpaired) electrons. The second-order valence-corrected chi connectivity index (χ2v) is 9.95. The number of rotatable bonds is 4. The van der Waals surface area contributed by atoms with Crippen molar-refractivity contribution in [3.05, 3.63) is 29.3 Å². The molecule has 2 rings (SSSR count). The molecule has 0 aliphatic carbocycles. The average molecular weight is 359 g/mol. The zero-order valence-corrected chi connectivity index (χ0v) is 17.4. The zero-order chi connectivity index (χ0) is 19.7. The molecule has 0 aromatic heterocycles. The van der Waals surface area contributed by atoms with Crippen LogP contribution in [0.3, 0.4) is 0 Å². The van der Waals surface area contributed by atoms with Gasteiger partial charge < -0.3 is 10.2 Å². The van der Waals surface area contributed by atoms with Crippen molar-refractivity contribution >= 4 is 17.5 Å². The van der Waals surface area contributed by atoms with Gasteiger partial charge in [0.05, 0.1) is 6.04 Å².